The average Bonchev–Trinajstić information content (AvgIpc) is 4.00. The molecule has 3 amide bonds. The molecule has 3 aromatic rings. The van der Waals surface area contributed by atoms with E-state index in [-0.39, 0.29) is 29.8 Å². The summed E-state index contributed by atoms with van der Waals surface area (Å²) in [5.74, 6) is 1.02. The third-order valence-electron chi connectivity index (χ3n) is 12.8. The van der Waals surface area contributed by atoms with Gasteiger partial charge in [-0.1, -0.05) is 25.3 Å². The van der Waals surface area contributed by atoms with Gasteiger partial charge in [0.25, 0.3) is 5.91 Å². The molecule has 11 nitrogen and oxygen atoms in total. The molecule has 2 saturated heterocycles. The molecule has 282 valence electrons. The van der Waals surface area contributed by atoms with Crippen molar-refractivity contribution in [3.8, 4) is 17.0 Å². The molecule has 1 N–H and O–H groups in total. The number of nitrogens with one attached hydrogen (secondary N) is 1. The molecule has 3 aliphatic heterocycles. The zero-order chi connectivity index (χ0) is 37.0. The van der Waals surface area contributed by atoms with Gasteiger partial charge in [0.2, 0.25) is 15.9 Å². The number of carbonyl (C=O) groups is 3. The Bertz CT molecular complexity index is 2130. The maximum Gasteiger partial charge on any atom is 0.410 e. The number of likely N-dealkylation sites (tertiary alicyclic amines) is 2. The number of aromatic nitrogens is 1. The fourth-order valence-electron chi connectivity index (χ4n) is 10.0. The van der Waals surface area contributed by atoms with E-state index in [0.29, 0.717) is 63.5 Å². The SMILES string of the molecule is COc1ccc2c(c1)C1CC1(C(=O)N1CC3CN(C(=O)OC(C)(C)C)CC3C1)Cn1c-2c(C2CCCCC2)c2ccc(C(=O)NS(=O)(=O)C3CC3)cc21. The highest BCUT2D eigenvalue weighted by Crippen LogP contribution is 2.66. The number of methoxy groups -OCH3 is 1. The molecule has 5 fully saturated rings. The van der Waals surface area contributed by atoms with Crippen molar-refractivity contribution in [2.75, 3.05) is 33.3 Å². The Hall–Kier alpha value is -4.06. The van der Waals surface area contributed by atoms with E-state index in [4.69, 9.17) is 9.47 Å². The summed E-state index contributed by atoms with van der Waals surface area (Å²) in [6, 6.07) is 11.9. The molecule has 0 spiro atoms. The van der Waals surface area contributed by atoms with Crippen molar-refractivity contribution in [1.29, 1.82) is 0 Å². The van der Waals surface area contributed by atoms with Crippen molar-refractivity contribution in [2.45, 2.75) is 101 Å². The first-order chi connectivity index (χ1) is 25.3. The van der Waals surface area contributed by atoms with Gasteiger partial charge < -0.3 is 23.8 Å². The van der Waals surface area contributed by atoms with Gasteiger partial charge in [-0.3, -0.25) is 9.59 Å². The number of nitrogens with zero attached hydrogens (tertiary/aromatic N) is 3. The largest absolute Gasteiger partial charge is 0.497 e. The highest BCUT2D eigenvalue weighted by atomic mass is 32.2. The summed E-state index contributed by atoms with van der Waals surface area (Å²) in [7, 11) is -2.05. The molecule has 53 heavy (non-hydrogen) atoms. The summed E-state index contributed by atoms with van der Waals surface area (Å²) >= 11 is 0. The predicted molar refractivity (Wildman–Crippen MR) is 200 cm³/mol. The molecule has 3 aliphatic carbocycles. The second-order valence-corrected chi connectivity index (χ2v) is 19.5. The minimum Gasteiger partial charge on any atom is -0.497 e. The van der Waals surface area contributed by atoms with Crippen molar-refractivity contribution in [1.82, 2.24) is 19.1 Å². The van der Waals surface area contributed by atoms with Crippen LogP contribution in [-0.2, 0) is 26.1 Å². The molecular weight excluding hydrogens is 693 g/mol. The Morgan fingerprint density at radius 1 is 0.887 bits per heavy atom. The summed E-state index contributed by atoms with van der Waals surface area (Å²) in [6.07, 6.45) is 7.22. The van der Waals surface area contributed by atoms with E-state index >= 15 is 4.79 Å². The molecule has 4 atom stereocenters. The van der Waals surface area contributed by atoms with Gasteiger partial charge in [-0.05, 0) is 100 Å². The Morgan fingerprint density at radius 2 is 1.58 bits per heavy atom. The normalized spacial score (nSPS) is 26.7. The Labute approximate surface area is 311 Å². The lowest BCUT2D eigenvalue weighted by Crippen LogP contribution is -2.41. The molecule has 4 heterocycles. The molecule has 1 aromatic heterocycles. The van der Waals surface area contributed by atoms with Gasteiger partial charge in [-0.15, -0.1) is 0 Å². The monoisotopic (exact) mass is 742 g/mol. The minimum absolute atomic E-state index is 0.00289. The van der Waals surface area contributed by atoms with Crippen molar-refractivity contribution in [3.05, 3.63) is 53.1 Å². The highest BCUT2D eigenvalue weighted by molar-refractivity contribution is 7.91. The van der Waals surface area contributed by atoms with E-state index in [0.717, 1.165) is 59.2 Å². The van der Waals surface area contributed by atoms with Gasteiger partial charge in [-0.25, -0.2) is 17.9 Å². The summed E-state index contributed by atoms with van der Waals surface area (Å²) in [5.41, 5.74) is 4.53. The van der Waals surface area contributed by atoms with Crippen LogP contribution < -0.4 is 9.46 Å². The molecule has 2 aromatic carbocycles. The molecule has 0 radical (unpaired) electrons. The number of hydrogen-bond donors (Lipinski definition) is 1. The van der Waals surface area contributed by atoms with E-state index in [9.17, 15) is 18.0 Å². The average molecular weight is 743 g/mol. The third-order valence-corrected chi connectivity index (χ3v) is 14.7. The fraction of sp³-hybridized carbons (Fsp3) is 0.585. The van der Waals surface area contributed by atoms with Crippen LogP contribution in [0.5, 0.6) is 5.75 Å². The highest BCUT2D eigenvalue weighted by Gasteiger charge is 2.65. The molecule has 0 bridgehead atoms. The summed E-state index contributed by atoms with van der Waals surface area (Å²) < 4.78 is 41.6. The van der Waals surface area contributed by atoms with Gasteiger partial charge in [0.05, 0.1) is 23.5 Å². The molecular formula is C41H50N4O7S. The zero-order valence-electron chi connectivity index (χ0n) is 31.2. The third kappa shape index (κ3) is 5.90. The van der Waals surface area contributed by atoms with Crippen molar-refractivity contribution < 1.29 is 32.3 Å². The van der Waals surface area contributed by atoms with Crippen LogP contribution in [0.3, 0.4) is 0 Å². The van der Waals surface area contributed by atoms with E-state index < -0.39 is 32.2 Å². The first-order valence-corrected chi connectivity index (χ1v) is 21.0. The van der Waals surface area contributed by atoms with Crippen LogP contribution in [0.1, 0.15) is 105 Å². The number of rotatable bonds is 6. The van der Waals surface area contributed by atoms with Gasteiger partial charge in [0.15, 0.2) is 0 Å². The van der Waals surface area contributed by atoms with E-state index in [1.165, 1.54) is 12.0 Å². The second-order valence-electron chi connectivity index (χ2n) is 17.6. The fourth-order valence-corrected chi connectivity index (χ4v) is 11.3. The maximum absolute atomic E-state index is 15.0. The topological polar surface area (TPSA) is 127 Å². The summed E-state index contributed by atoms with van der Waals surface area (Å²) in [4.78, 5) is 45.2. The maximum atomic E-state index is 15.0. The van der Waals surface area contributed by atoms with Crippen LogP contribution >= 0.6 is 0 Å². The van der Waals surface area contributed by atoms with Crippen LogP contribution in [0.4, 0.5) is 4.79 Å². The number of ether oxygens (including phenoxy) is 2. The van der Waals surface area contributed by atoms with Gasteiger partial charge in [-0.2, -0.15) is 0 Å². The van der Waals surface area contributed by atoms with Gasteiger partial charge >= 0.3 is 6.09 Å². The van der Waals surface area contributed by atoms with E-state index in [2.05, 4.69) is 21.4 Å². The first kappa shape index (κ1) is 34.7. The Morgan fingerprint density at radius 3 is 2.25 bits per heavy atom. The van der Waals surface area contributed by atoms with Crippen molar-refractivity contribution in [2.24, 2.45) is 17.3 Å². The quantitative estimate of drug-likeness (QED) is 0.310. The van der Waals surface area contributed by atoms with Crippen LogP contribution in [0, 0.1) is 17.3 Å². The lowest BCUT2D eigenvalue weighted by atomic mass is 9.81. The molecule has 12 heteroatoms. The second kappa shape index (κ2) is 12.2. The van der Waals surface area contributed by atoms with Gasteiger partial charge in [0.1, 0.15) is 11.4 Å². The standard InChI is InChI=1S/C41H50N4O7S/c1-40(2,3)52-39(48)44-21-26-19-43(20-27(26)22-44)38(47)41-18-33(41)32-17-28(51-4)11-15-30(32)36-35(24-8-6-5-7-9-24)31-14-10-25(16-34(31)45(36)23-41)37(46)42-53(49,50)29-12-13-29/h10-11,14-17,24,26-27,29,33H,5-9,12-13,18-23H2,1-4H3,(H,42,46). The lowest BCUT2D eigenvalue weighted by Gasteiger charge is -2.28. The number of sulfonamides is 1. The van der Waals surface area contributed by atoms with Crippen LogP contribution in [0.25, 0.3) is 22.2 Å². The predicted octanol–water partition coefficient (Wildman–Crippen LogP) is 6.40. The van der Waals surface area contributed by atoms with Crippen LogP contribution in [0.2, 0.25) is 0 Å². The lowest BCUT2D eigenvalue weighted by molar-refractivity contribution is -0.137. The summed E-state index contributed by atoms with van der Waals surface area (Å²) in [6.45, 7) is 8.47. The van der Waals surface area contributed by atoms with Crippen molar-refractivity contribution >= 4 is 38.8 Å². The Balaban J connectivity index is 1.11. The number of benzene rings is 2. The Kier molecular flexibility index (Phi) is 8.00. The number of hydrogen-bond acceptors (Lipinski definition) is 7. The molecule has 9 rings (SSSR count). The van der Waals surface area contributed by atoms with Crippen LogP contribution in [-0.4, -0.2) is 84.8 Å². The summed E-state index contributed by atoms with van der Waals surface area (Å²) in [5, 5.41) is 0.559. The first-order valence-electron chi connectivity index (χ1n) is 19.4. The molecule has 4 unspecified atom stereocenters. The van der Waals surface area contributed by atoms with E-state index in [1.54, 1.807) is 18.1 Å². The number of fused-ring (bicyclic) bond motifs is 8. The number of carbonyl (C=O) groups excluding carboxylic acids is 3. The van der Waals surface area contributed by atoms with Gasteiger partial charge in [0, 0.05) is 72.5 Å². The van der Waals surface area contributed by atoms with E-state index in [1.807, 2.05) is 43.9 Å². The zero-order valence-corrected chi connectivity index (χ0v) is 32.0. The van der Waals surface area contributed by atoms with Crippen LogP contribution in [0.15, 0.2) is 36.4 Å². The number of amides is 3. The molecule has 6 aliphatic rings. The smallest absolute Gasteiger partial charge is 0.410 e. The minimum atomic E-state index is -3.72. The van der Waals surface area contributed by atoms with Crippen molar-refractivity contribution in [3.63, 3.8) is 0 Å². The molecule has 3 saturated carbocycles.